The van der Waals surface area contributed by atoms with E-state index in [1.165, 1.54) is 11.3 Å². The molecular formula is C13H17Cl2NO2S. The minimum absolute atomic E-state index is 0.0173. The molecule has 6 heteroatoms. The van der Waals surface area contributed by atoms with Crippen molar-refractivity contribution < 1.29 is 9.90 Å². The van der Waals surface area contributed by atoms with Crippen LogP contribution < -0.4 is 0 Å². The van der Waals surface area contributed by atoms with Gasteiger partial charge < -0.3 is 5.11 Å². The Morgan fingerprint density at radius 1 is 1.53 bits per heavy atom. The summed E-state index contributed by atoms with van der Waals surface area (Å²) < 4.78 is 1.01. The van der Waals surface area contributed by atoms with Crippen LogP contribution in [-0.2, 0) is 0 Å². The number of piperidine rings is 1. The molecule has 1 saturated heterocycles. The largest absolute Gasteiger partial charge is 0.393 e. The first-order valence-corrected chi connectivity index (χ1v) is 7.93. The molecule has 1 N–H and O–H groups in total. The van der Waals surface area contributed by atoms with Gasteiger partial charge in [-0.05, 0) is 44.8 Å². The molecule has 3 nitrogen and oxygen atoms in total. The monoisotopic (exact) mass is 321 g/mol. The van der Waals surface area contributed by atoms with Crippen LogP contribution >= 0.6 is 34.5 Å². The number of ketones is 1. The van der Waals surface area contributed by atoms with Crippen molar-refractivity contribution in [2.24, 2.45) is 5.92 Å². The average Bonchev–Trinajstić information content (AvgIpc) is 2.69. The second kappa shape index (κ2) is 6.55. The van der Waals surface area contributed by atoms with Crippen molar-refractivity contribution >= 4 is 40.3 Å². The van der Waals surface area contributed by atoms with Gasteiger partial charge in [-0.15, -0.1) is 11.3 Å². The Labute approximate surface area is 127 Å². The number of aliphatic hydroxyl groups excluding tert-OH is 1. The lowest BCUT2D eigenvalue weighted by atomic mass is 9.92. The van der Waals surface area contributed by atoms with Gasteiger partial charge in [0.05, 0.1) is 22.5 Å². The molecule has 106 valence electrons. The number of carbonyl (C=O) groups excluding carboxylic acids is 1. The molecule has 0 amide bonds. The summed E-state index contributed by atoms with van der Waals surface area (Å²) in [4.78, 5) is 14.2. The maximum atomic E-state index is 12.1. The molecule has 0 spiro atoms. The fourth-order valence-electron chi connectivity index (χ4n) is 2.41. The standard InChI is InChI=1S/C13H17Cl2NO2S/c1-8(17)9-2-4-16(5-3-9)7-11(18)10-6-12(14)19-13(10)15/h6,8-9,17H,2-5,7H2,1H3. The summed E-state index contributed by atoms with van der Waals surface area (Å²) in [5.74, 6) is 0.370. The van der Waals surface area contributed by atoms with Crippen LogP contribution in [0.25, 0.3) is 0 Å². The number of thiophene rings is 1. The Hall–Kier alpha value is -0.130. The fraction of sp³-hybridized carbons (Fsp3) is 0.615. The second-order valence-corrected chi connectivity index (χ2v) is 7.30. The molecule has 1 aromatic rings. The van der Waals surface area contributed by atoms with Gasteiger partial charge in [-0.1, -0.05) is 23.2 Å². The number of hydrogen-bond donors (Lipinski definition) is 1. The van der Waals surface area contributed by atoms with E-state index in [9.17, 15) is 9.90 Å². The molecule has 0 aliphatic carbocycles. The van der Waals surface area contributed by atoms with Crippen molar-refractivity contribution in [3.8, 4) is 0 Å². The molecule has 1 aliphatic rings. The van der Waals surface area contributed by atoms with Crippen LogP contribution in [0.5, 0.6) is 0 Å². The van der Waals surface area contributed by atoms with Crippen LogP contribution in [0.2, 0.25) is 8.67 Å². The lowest BCUT2D eigenvalue weighted by molar-refractivity contribution is 0.0665. The van der Waals surface area contributed by atoms with Gasteiger partial charge in [0.25, 0.3) is 0 Å². The third kappa shape index (κ3) is 3.92. The number of halogens is 2. The van der Waals surface area contributed by atoms with E-state index in [2.05, 4.69) is 4.90 Å². The summed E-state index contributed by atoms with van der Waals surface area (Å²) in [5, 5.41) is 9.55. The highest BCUT2D eigenvalue weighted by Gasteiger charge is 2.25. The molecule has 1 aromatic heterocycles. The van der Waals surface area contributed by atoms with Gasteiger partial charge in [0, 0.05) is 0 Å². The summed E-state index contributed by atoms with van der Waals surface area (Å²) in [7, 11) is 0. The van der Waals surface area contributed by atoms with Crippen LogP contribution in [0, 0.1) is 5.92 Å². The molecule has 2 heterocycles. The highest BCUT2D eigenvalue weighted by molar-refractivity contribution is 7.20. The van der Waals surface area contributed by atoms with Gasteiger partial charge in [0.15, 0.2) is 5.78 Å². The molecule has 0 aromatic carbocycles. The van der Waals surface area contributed by atoms with E-state index in [1.807, 2.05) is 6.92 Å². The van der Waals surface area contributed by atoms with Crippen LogP contribution in [0.15, 0.2) is 6.07 Å². The molecular weight excluding hydrogens is 305 g/mol. The second-order valence-electron chi connectivity index (χ2n) is 5.02. The number of carbonyl (C=O) groups is 1. The summed E-state index contributed by atoms with van der Waals surface area (Å²) >= 11 is 13.1. The lowest BCUT2D eigenvalue weighted by Crippen LogP contribution is -2.39. The van der Waals surface area contributed by atoms with E-state index in [1.54, 1.807) is 6.07 Å². The number of nitrogens with zero attached hydrogens (tertiary/aromatic N) is 1. The van der Waals surface area contributed by atoms with Crippen molar-refractivity contribution in [1.29, 1.82) is 0 Å². The van der Waals surface area contributed by atoms with Crippen molar-refractivity contribution in [1.82, 2.24) is 4.90 Å². The molecule has 1 atom stereocenters. The Morgan fingerprint density at radius 2 is 2.16 bits per heavy atom. The van der Waals surface area contributed by atoms with Gasteiger partial charge >= 0.3 is 0 Å². The summed E-state index contributed by atoms with van der Waals surface area (Å²) in [6, 6.07) is 1.64. The van der Waals surface area contributed by atoms with Crippen LogP contribution in [0.3, 0.4) is 0 Å². The highest BCUT2D eigenvalue weighted by atomic mass is 35.5. The summed E-state index contributed by atoms with van der Waals surface area (Å²) in [5.41, 5.74) is 0.523. The summed E-state index contributed by atoms with van der Waals surface area (Å²) in [6.45, 7) is 3.89. The van der Waals surface area contributed by atoms with Gasteiger partial charge in [-0.2, -0.15) is 0 Å². The zero-order valence-electron chi connectivity index (χ0n) is 10.7. The fourth-order valence-corrected chi connectivity index (χ4v) is 3.91. The van der Waals surface area contributed by atoms with Crippen molar-refractivity contribution in [3.05, 3.63) is 20.3 Å². The third-order valence-electron chi connectivity index (χ3n) is 3.64. The minimum atomic E-state index is -0.261. The topological polar surface area (TPSA) is 40.5 Å². The van der Waals surface area contributed by atoms with E-state index in [4.69, 9.17) is 23.2 Å². The maximum Gasteiger partial charge on any atom is 0.179 e. The quantitative estimate of drug-likeness (QED) is 0.865. The van der Waals surface area contributed by atoms with Gasteiger partial charge in [0.2, 0.25) is 0 Å². The average molecular weight is 322 g/mol. The molecule has 0 saturated carbocycles. The minimum Gasteiger partial charge on any atom is -0.393 e. The first kappa shape index (κ1) is 15.3. The van der Waals surface area contributed by atoms with Crippen LogP contribution in [0.4, 0.5) is 0 Å². The normalized spacial score (nSPS) is 19.6. The number of likely N-dealkylation sites (tertiary alicyclic amines) is 1. The summed E-state index contributed by atoms with van der Waals surface area (Å²) in [6.07, 6.45) is 1.61. The van der Waals surface area contributed by atoms with Gasteiger partial charge in [0.1, 0.15) is 4.34 Å². The van der Waals surface area contributed by atoms with E-state index >= 15 is 0 Å². The number of rotatable bonds is 4. The van der Waals surface area contributed by atoms with Crippen molar-refractivity contribution in [2.45, 2.75) is 25.9 Å². The number of hydrogen-bond acceptors (Lipinski definition) is 4. The molecule has 0 bridgehead atoms. The van der Waals surface area contributed by atoms with E-state index in [-0.39, 0.29) is 11.9 Å². The Bertz CT molecular complexity index is 453. The molecule has 1 unspecified atom stereocenters. The lowest BCUT2D eigenvalue weighted by Gasteiger charge is -2.32. The number of Topliss-reactive ketones (excluding diaryl/α,β-unsaturated/α-hetero) is 1. The predicted octanol–water partition coefficient (Wildman–Crippen LogP) is 3.33. The van der Waals surface area contributed by atoms with E-state index in [0.29, 0.717) is 26.7 Å². The van der Waals surface area contributed by atoms with E-state index in [0.717, 1.165) is 25.9 Å². The molecule has 1 aliphatic heterocycles. The number of aliphatic hydroxyl groups is 1. The predicted molar refractivity (Wildman–Crippen MR) is 79.5 cm³/mol. The Morgan fingerprint density at radius 3 is 2.63 bits per heavy atom. The SMILES string of the molecule is CC(O)C1CCN(CC(=O)c2cc(Cl)sc2Cl)CC1. The maximum absolute atomic E-state index is 12.1. The molecule has 2 rings (SSSR count). The first-order chi connectivity index (χ1) is 8.97. The van der Waals surface area contributed by atoms with Gasteiger partial charge in [-0.3, -0.25) is 9.69 Å². The highest BCUT2D eigenvalue weighted by Crippen LogP contribution is 2.31. The smallest absolute Gasteiger partial charge is 0.179 e. The third-order valence-corrected chi connectivity index (χ3v) is 5.13. The molecule has 0 radical (unpaired) electrons. The Balaban J connectivity index is 1.89. The van der Waals surface area contributed by atoms with Crippen molar-refractivity contribution in [3.63, 3.8) is 0 Å². The van der Waals surface area contributed by atoms with Crippen LogP contribution in [-0.4, -0.2) is 41.5 Å². The Kier molecular flexibility index (Phi) is 5.26. The van der Waals surface area contributed by atoms with E-state index < -0.39 is 0 Å². The zero-order valence-corrected chi connectivity index (χ0v) is 13.1. The molecule has 19 heavy (non-hydrogen) atoms. The van der Waals surface area contributed by atoms with Crippen LogP contribution in [0.1, 0.15) is 30.1 Å². The zero-order chi connectivity index (χ0) is 14.0. The first-order valence-electron chi connectivity index (χ1n) is 6.36. The molecule has 1 fully saturated rings. The van der Waals surface area contributed by atoms with Gasteiger partial charge in [-0.25, -0.2) is 0 Å². The van der Waals surface area contributed by atoms with Crippen molar-refractivity contribution in [2.75, 3.05) is 19.6 Å².